The Morgan fingerprint density at radius 1 is 1.24 bits per heavy atom. The number of anilines is 1. The molecule has 2 rings (SSSR count). The van der Waals surface area contributed by atoms with Crippen molar-refractivity contribution in [3.05, 3.63) is 29.0 Å². The van der Waals surface area contributed by atoms with E-state index in [1.165, 1.54) is 18.6 Å². The highest BCUT2D eigenvalue weighted by Gasteiger charge is 2.23. The number of rotatable bonds is 5. The fraction of sp³-hybridized carbons (Fsp3) is 0.588. The summed E-state index contributed by atoms with van der Waals surface area (Å²) in [5.74, 6) is -1.01. The molecule has 1 N–H and O–H groups in total. The number of halogens is 2. The number of carbonyl (C=O) groups excluding carboxylic acids is 1. The van der Waals surface area contributed by atoms with Gasteiger partial charge < -0.3 is 5.32 Å². The summed E-state index contributed by atoms with van der Waals surface area (Å²) in [6.45, 7) is -0.350. The zero-order chi connectivity index (χ0) is 18.4. The summed E-state index contributed by atoms with van der Waals surface area (Å²) in [5.41, 5.74) is 0.168. The van der Waals surface area contributed by atoms with Crippen molar-refractivity contribution in [3.63, 3.8) is 0 Å². The van der Waals surface area contributed by atoms with Gasteiger partial charge in [0.2, 0.25) is 15.9 Å². The first-order chi connectivity index (χ1) is 11.8. The summed E-state index contributed by atoms with van der Waals surface area (Å²) in [6, 6.07) is 3.67. The van der Waals surface area contributed by atoms with Gasteiger partial charge in [-0.1, -0.05) is 43.7 Å². The fourth-order valence-corrected chi connectivity index (χ4v) is 4.07. The van der Waals surface area contributed by atoms with Crippen molar-refractivity contribution in [1.82, 2.24) is 5.32 Å². The van der Waals surface area contributed by atoms with Crippen molar-refractivity contribution in [2.45, 2.75) is 51.0 Å². The zero-order valence-corrected chi connectivity index (χ0v) is 15.9. The van der Waals surface area contributed by atoms with Crippen LogP contribution in [0.3, 0.4) is 0 Å². The molecule has 25 heavy (non-hydrogen) atoms. The maximum Gasteiger partial charge on any atom is 0.240 e. The number of nitrogens with zero attached hydrogens (tertiary/aromatic N) is 1. The van der Waals surface area contributed by atoms with Crippen LogP contribution < -0.4 is 9.62 Å². The Hall–Kier alpha value is -1.34. The van der Waals surface area contributed by atoms with Crippen molar-refractivity contribution in [2.24, 2.45) is 0 Å². The van der Waals surface area contributed by atoms with Crippen LogP contribution >= 0.6 is 11.6 Å². The van der Waals surface area contributed by atoms with E-state index in [1.807, 2.05) is 0 Å². The number of benzene rings is 1. The zero-order valence-electron chi connectivity index (χ0n) is 14.3. The minimum absolute atomic E-state index is 0.0750. The van der Waals surface area contributed by atoms with E-state index < -0.39 is 15.8 Å². The van der Waals surface area contributed by atoms with Gasteiger partial charge in [-0.15, -0.1) is 0 Å². The molecule has 5 nitrogen and oxygen atoms in total. The Morgan fingerprint density at radius 2 is 1.84 bits per heavy atom. The predicted octanol–water partition coefficient (Wildman–Crippen LogP) is 3.47. The van der Waals surface area contributed by atoms with Crippen molar-refractivity contribution in [1.29, 1.82) is 0 Å². The number of sulfonamides is 1. The summed E-state index contributed by atoms with van der Waals surface area (Å²) in [7, 11) is -3.71. The lowest BCUT2D eigenvalue weighted by Gasteiger charge is -2.25. The lowest BCUT2D eigenvalue weighted by Crippen LogP contribution is -2.44. The Kier molecular flexibility index (Phi) is 7.07. The fourth-order valence-electron chi connectivity index (χ4n) is 3.04. The van der Waals surface area contributed by atoms with E-state index in [4.69, 9.17) is 11.6 Å². The van der Waals surface area contributed by atoms with E-state index in [1.54, 1.807) is 0 Å². The summed E-state index contributed by atoms with van der Waals surface area (Å²) in [5, 5.41) is 2.74. The number of amides is 1. The number of nitrogens with one attached hydrogen (secondary N) is 1. The number of hydrogen-bond donors (Lipinski definition) is 1. The molecule has 0 spiro atoms. The van der Waals surface area contributed by atoms with Crippen LogP contribution in [0.1, 0.15) is 44.9 Å². The number of carbonyl (C=O) groups is 1. The van der Waals surface area contributed by atoms with Crippen molar-refractivity contribution in [3.8, 4) is 0 Å². The first-order valence-corrected chi connectivity index (χ1v) is 10.7. The van der Waals surface area contributed by atoms with Gasteiger partial charge in [0.1, 0.15) is 12.4 Å². The lowest BCUT2D eigenvalue weighted by atomic mass is 9.97. The summed E-state index contributed by atoms with van der Waals surface area (Å²) < 4.78 is 38.4. The lowest BCUT2D eigenvalue weighted by molar-refractivity contribution is -0.120. The SMILES string of the molecule is CS(=O)(=O)N(CC(=O)NC1CCCCCCC1)c1ccc(F)c(Cl)c1. The molecule has 8 heteroatoms. The maximum absolute atomic E-state index is 13.3. The van der Waals surface area contributed by atoms with Gasteiger partial charge in [0, 0.05) is 6.04 Å². The van der Waals surface area contributed by atoms with Gasteiger partial charge in [-0.2, -0.15) is 0 Å². The molecule has 0 bridgehead atoms. The molecule has 0 radical (unpaired) electrons. The van der Waals surface area contributed by atoms with Gasteiger partial charge in [0.05, 0.1) is 17.0 Å². The van der Waals surface area contributed by atoms with Gasteiger partial charge in [-0.05, 0) is 31.0 Å². The first kappa shape index (κ1) is 20.0. The van der Waals surface area contributed by atoms with Crippen LogP contribution in [-0.4, -0.2) is 33.2 Å². The minimum atomic E-state index is -3.71. The van der Waals surface area contributed by atoms with Crippen LogP contribution in [0.2, 0.25) is 5.02 Å². The molecule has 0 aliphatic heterocycles. The molecule has 1 aliphatic rings. The molecule has 0 saturated heterocycles. The Balaban J connectivity index is 2.08. The van der Waals surface area contributed by atoms with Crippen molar-refractivity contribution in [2.75, 3.05) is 17.1 Å². The third-order valence-corrected chi connectivity index (χ3v) is 5.78. The normalized spacial score (nSPS) is 16.8. The molecule has 0 heterocycles. The van der Waals surface area contributed by atoms with E-state index in [0.29, 0.717) is 0 Å². The summed E-state index contributed by atoms with van der Waals surface area (Å²) in [6.07, 6.45) is 8.51. The molecule has 1 aliphatic carbocycles. The number of hydrogen-bond acceptors (Lipinski definition) is 3. The summed E-state index contributed by atoms with van der Waals surface area (Å²) >= 11 is 5.74. The Bertz CT molecular complexity index is 704. The van der Waals surface area contributed by atoms with Crippen LogP contribution in [0, 0.1) is 5.82 Å². The standard InChI is InChI=1S/C17H24ClFN2O3S/c1-25(23,24)21(14-9-10-16(19)15(18)11-14)12-17(22)20-13-7-5-3-2-4-6-8-13/h9-11,13H,2-8,12H2,1H3,(H,20,22). The predicted molar refractivity (Wildman–Crippen MR) is 97.8 cm³/mol. The van der Waals surface area contributed by atoms with E-state index in [2.05, 4.69) is 5.32 Å². The van der Waals surface area contributed by atoms with E-state index >= 15 is 0 Å². The molecule has 0 unspecified atom stereocenters. The van der Waals surface area contributed by atoms with Gasteiger partial charge in [-0.3, -0.25) is 9.10 Å². The maximum atomic E-state index is 13.3. The molecule has 0 aromatic heterocycles. The van der Waals surface area contributed by atoms with Gasteiger partial charge in [0.15, 0.2) is 0 Å². The molecule has 0 atom stereocenters. The van der Waals surface area contributed by atoms with E-state index in [9.17, 15) is 17.6 Å². The van der Waals surface area contributed by atoms with Crippen LogP contribution in [0.25, 0.3) is 0 Å². The second-order valence-corrected chi connectivity index (χ2v) is 8.79. The molecule has 140 valence electrons. The second kappa shape index (κ2) is 8.85. The van der Waals surface area contributed by atoms with Crippen LogP contribution in [0.4, 0.5) is 10.1 Å². The van der Waals surface area contributed by atoms with Crippen LogP contribution in [0.15, 0.2) is 18.2 Å². The topological polar surface area (TPSA) is 66.5 Å². The first-order valence-electron chi connectivity index (χ1n) is 8.49. The average molecular weight is 391 g/mol. The van der Waals surface area contributed by atoms with Gasteiger partial charge in [-0.25, -0.2) is 12.8 Å². The van der Waals surface area contributed by atoms with Crippen molar-refractivity contribution >= 4 is 33.2 Å². The van der Waals surface area contributed by atoms with Gasteiger partial charge in [0.25, 0.3) is 0 Å². The van der Waals surface area contributed by atoms with Crippen molar-refractivity contribution < 1.29 is 17.6 Å². The highest BCUT2D eigenvalue weighted by Crippen LogP contribution is 2.24. The van der Waals surface area contributed by atoms with Crippen LogP contribution in [0.5, 0.6) is 0 Å². The molecule has 1 aromatic carbocycles. The minimum Gasteiger partial charge on any atom is -0.352 e. The van der Waals surface area contributed by atoms with E-state index in [-0.39, 0.29) is 29.2 Å². The molecule has 1 amide bonds. The van der Waals surface area contributed by atoms with Gasteiger partial charge >= 0.3 is 0 Å². The quantitative estimate of drug-likeness (QED) is 0.837. The summed E-state index contributed by atoms with van der Waals surface area (Å²) in [4.78, 5) is 12.4. The Labute approximate surface area is 153 Å². The Morgan fingerprint density at radius 3 is 2.40 bits per heavy atom. The smallest absolute Gasteiger partial charge is 0.240 e. The van der Waals surface area contributed by atoms with E-state index in [0.717, 1.165) is 55.2 Å². The van der Waals surface area contributed by atoms with Crippen LogP contribution in [-0.2, 0) is 14.8 Å². The molecular formula is C17H24ClFN2O3S. The monoisotopic (exact) mass is 390 g/mol. The molecule has 1 saturated carbocycles. The highest BCUT2D eigenvalue weighted by atomic mass is 35.5. The third-order valence-electron chi connectivity index (χ3n) is 4.35. The largest absolute Gasteiger partial charge is 0.352 e. The average Bonchev–Trinajstić information content (AvgIpc) is 2.49. The second-order valence-electron chi connectivity index (χ2n) is 6.48. The molecular weight excluding hydrogens is 367 g/mol. The third kappa shape index (κ3) is 6.15. The molecule has 1 fully saturated rings. The highest BCUT2D eigenvalue weighted by molar-refractivity contribution is 7.92. The molecule has 1 aromatic rings.